The summed E-state index contributed by atoms with van der Waals surface area (Å²) in [7, 11) is -2.26. The molecule has 0 atom stereocenters. The Morgan fingerprint density at radius 1 is 0.538 bits per heavy atom. The first-order valence-corrected chi connectivity index (χ1v) is 11.7. The summed E-state index contributed by atoms with van der Waals surface area (Å²) in [6, 6.07) is 8.99. The molecule has 0 amide bonds. The molecule has 0 unspecified atom stereocenters. The third-order valence-electron chi connectivity index (χ3n) is 5.50. The van der Waals surface area contributed by atoms with Crippen molar-refractivity contribution < 1.29 is 4.11 Å². The molecule has 0 heterocycles. The van der Waals surface area contributed by atoms with Crippen molar-refractivity contribution in [2.24, 2.45) is 0 Å². The molecule has 2 rings (SSSR count). The molecule has 0 nitrogen and oxygen atoms in total. The largest absolute Gasteiger partial charge is 0.483 e. The lowest BCUT2D eigenvalue weighted by molar-refractivity contribution is 0.856. The molecule has 0 aliphatic heterocycles. The van der Waals surface area contributed by atoms with Crippen molar-refractivity contribution in [1.82, 2.24) is 0 Å². The van der Waals surface area contributed by atoms with Crippen LogP contribution in [-0.4, -0.2) is 9.13 Å². The van der Waals surface area contributed by atoms with Gasteiger partial charge in [-0.1, -0.05) is 97.2 Å². The summed E-state index contributed by atoms with van der Waals surface area (Å²) < 4.78 is 16.2. The van der Waals surface area contributed by atoms with Crippen LogP contribution in [0.15, 0.2) is 24.3 Å². The van der Waals surface area contributed by atoms with Crippen LogP contribution in [0.3, 0.4) is 0 Å². The highest BCUT2D eigenvalue weighted by molar-refractivity contribution is 6.81. The average molecular weight is 370 g/mol. The molecule has 0 fully saturated rings. The Labute approximate surface area is 161 Å². The van der Waals surface area contributed by atoms with Crippen molar-refractivity contribution in [3.8, 4) is 0 Å². The third kappa shape index (κ3) is 4.11. The van der Waals surface area contributed by atoms with Crippen LogP contribution in [-0.2, 0) is 38.5 Å². The fourth-order valence-electron chi connectivity index (χ4n) is 3.89. The molecule has 0 aliphatic rings. The van der Waals surface area contributed by atoms with Crippen molar-refractivity contribution in [2.45, 2.75) is 80.1 Å². The maximum atomic E-state index is 16.2. The standard InChI is InChI=1S/C24H34FSi/c1-7-17-13-19(9-3)23(20(10-4)14-17)26(25)24-21(11-5)15-18(8-2)16-22(24)12-6/h13-16H,7-12H2,1-6H3/q-1. The fourth-order valence-corrected chi connectivity index (χ4v) is 6.27. The Bertz CT molecular complexity index is 634. The number of hydrogen-bond acceptors (Lipinski definition) is 0. The van der Waals surface area contributed by atoms with Crippen LogP contribution in [0.5, 0.6) is 0 Å². The van der Waals surface area contributed by atoms with Gasteiger partial charge in [-0.25, -0.2) is 0 Å². The van der Waals surface area contributed by atoms with Gasteiger partial charge in [0.2, 0.25) is 0 Å². The first-order valence-electron chi connectivity index (χ1n) is 10.4. The highest BCUT2D eigenvalue weighted by atomic mass is 28.3. The Morgan fingerprint density at radius 3 is 1.00 bits per heavy atom. The SMILES string of the molecule is CCc1cc(CC)c([Si-](F)c2c(CC)cc(CC)cc2CC)c(CC)c1. The summed E-state index contributed by atoms with van der Waals surface area (Å²) in [5, 5.41) is 2.07. The normalized spacial score (nSPS) is 11.0. The highest BCUT2D eigenvalue weighted by Crippen LogP contribution is 2.17. The van der Waals surface area contributed by atoms with Gasteiger partial charge in [0, 0.05) is 0 Å². The Hall–Kier alpha value is -1.41. The summed E-state index contributed by atoms with van der Waals surface area (Å²) >= 11 is 0. The maximum absolute atomic E-state index is 16.2. The van der Waals surface area contributed by atoms with Crippen LogP contribution in [0.2, 0.25) is 0 Å². The van der Waals surface area contributed by atoms with Crippen LogP contribution < -0.4 is 10.4 Å². The van der Waals surface area contributed by atoms with E-state index in [1.807, 2.05) is 0 Å². The van der Waals surface area contributed by atoms with E-state index in [1.165, 1.54) is 33.4 Å². The first-order chi connectivity index (χ1) is 12.5. The van der Waals surface area contributed by atoms with E-state index in [2.05, 4.69) is 65.8 Å². The average Bonchev–Trinajstić information content (AvgIpc) is 2.70. The van der Waals surface area contributed by atoms with E-state index in [0.717, 1.165) is 48.9 Å². The molecular weight excluding hydrogens is 335 g/mol. The molecule has 0 aromatic heterocycles. The lowest BCUT2D eigenvalue weighted by atomic mass is 10.0. The minimum Gasteiger partial charge on any atom is -0.483 e. The molecule has 0 radical (unpaired) electrons. The Kier molecular flexibility index (Phi) is 7.64. The van der Waals surface area contributed by atoms with E-state index in [4.69, 9.17) is 0 Å². The number of halogens is 1. The third-order valence-corrected chi connectivity index (χ3v) is 7.66. The van der Waals surface area contributed by atoms with Gasteiger partial charge in [0.1, 0.15) is 0 Å². The molecule has 2 aromatic rings. The van der Waals surface area contributed by atoms with E-state index < -0.39 is 9.13 Å². The van der Waals surface area contributed by atoms with E-state index in [1.54, 1.807) is 0 Å². The van der Waals surface area contributed by atoms with Crippen molar-refractivity contribution in [3.05, 3.63) is 57.6 Å². The molecule has 0 bridgehead atoms. The first kappa shape index (κ1) is 20.9. The zero-order valence-corrected chi connectivity index (χ0v) is 18.4. The second-order valence-electron chi connectivity index (χ2n) is 7.01. The van der Waals surface area contributed by atoms with Gasteiger partial charge in [0.15, 0.2) is 0 Å². The second kappa shape index (κ2) is 9.50. The van der Waals surface area contributed by atoms with Gasteiger partial charge >= 0.3 is 0 Å². The van der Waals surface area contributed by atoms with Crippen molar-refractivity contribution in [2.75, 3.05) is 0 Å². The van der Waals surface area contributed by atoms with Gasteiger partial charge in [0.25, 0.3) is 0 Å². The van der Waals surface area contributed by atoms with Gasteiger partial charge in [-0.05, 0) is 49.7 Å². The van der Waals surface area contributed by atoms with E-state index in [9.17, 15) is 0 Å². The summed E-state index contributed by atoms with van der Waals surface area (Å²) in [4.78, 5) is 0. The summed E-state index contributed by atoms with van der Waals surface area (Å²) in [5.41, 5.74) is 7.57. The predicted molar refractivity (Wildman–Crippen MR) is 115 cm³/mol. The molecule has 0 aliphatic carbocycles. The van der Waals surface area contributed by atoms with E-state index in [-0.39, 0.29) is 0 Å². The summed E-state index contributed by atoms with van der Waals surface area (Å²) in [5.74, 6) is 0. The lowest BCUT2D eigenvalue weighted by Gasteiger charge is -2.34. The lowest BCUT2D eigenvalue weighted by Crippen LogP contribution is -2.46. The zero-order valence-electron chi connectivity index (χ0n) is 17.4. The summed E-state index contributed by atoms with van der Waals surface area (Å²) in [6.45, 7) is 13.0. The minimum atomic E-state index is -2.26. The molecule has 0 N–H and O–H groups in total. The zero-order chi connectivity index (χ0) is 19.3. The Balaban J connectivity index is 2.71. The fraction of sp³-hybridized carbons (Fsp3) is 0.500. The highest BCUT2D eigenvalue weighted by Gasteiger charge is 2.15. The molecule has 0 spiro atoms. The number of rotatable bonds is 8. The van der Waals surface area contributed by atoms with Crippen molar-refractivity contribution >= 4 is 19.5 Å². The molecule has 0 saturated heterocycles. The van der Waals surface area contributed by atoms with Crippen molar-refractivity contribution in [3.63, 3.8) is 0 Å². The summed E-state index contributed by atoms with van der Waals surface area (Å²) in [6.07, 6.45) is 5.66. The minimum absolute atomic E-state index is 0.907. The monoisotopic (exact) mass is 369 g/mol. The van der Waals surface area contributed by atoms with Crippen LogP contribution in [0.4, 0.5) is 4.11 Å². The second-order valence-corrected chi connectivity index (χ2v) is 8.64. The van der Waals surface area contributed by atoms with Crippen LogP contribution in [0, 0.1) is 0 Å². The van der Waals surface area contributed by atoms with Gasteiger partial charge < -0.3 is 4.11 Å². The molecule has 26 heavy (non-hydrogen) atoms. The smallest absolute Gasteiger partial charge is 0.0307 e. The van der Waals surface area contributed by atoms with Crippen LogP contribution in [0.25, 0.3) is 0 Å². The van der Waals surface area contributed by atoms with Crippen LogP contribution >= 0.6 is 0 Å². The number of aryl methyl sites for hydroxylation is 6. The molecule has 142 valence electrons. The topological polar surface area (TPSA) is 0 Å². The maximum Gasteiger partial charge on any atom is -0.0307 e. The van der Waals surface area contributed by atoms with Crippen molar-refractivity contribution in [1.29, 1.82) is 0 Å². The predicted octanol–water partition coefficient (Wildman–Crippen LogP) is 5.14. The molecule has 2 aromatic carbocycles. The quantitative estimate of drug-likeness (QED) is 0.447. The van der Waals surface area contributed by atoms with Gasteiger partial charge in [-0.15, -0.1) is 0 Å². The molecule has 2 heteroatoms. The van der Waals surface area contributed by atoms with Gasteiger partial charge in [-0.3, -0.25) is 0 Å². The Morgan fingerprint density at radius 2 is 0.808 bits per heavy atom. The van der Waals surface area contributed by atoms with Gasteiger partial charge in [0.05, 0.1) is 0 Å². The van der Waals surface area contributed by atoms with Gasteiger partial charge in [-0.2, -0.15) is 10.4 Å². The van der Waals surface area contributed by atoms with E-state index >= 15 is 4.11 Å². The molecular formula is C24H34FSi-. The van der Waals surface area contributed by atoms with E-state index in [0.29, 0.717) is 0 Å². The van der Waals surface area contributed by atoms with Crippen LogP contribution in [0.1, 0.15) is 74.9 Å². The molecule has 0 saturated carbocycles. The number of hydrogen-bond donors (Lipinski definition) is 0. The number of benzene rings is 2.